The van der Waals surface area contributed by atoms with Crippen LogP contribution in [0.1, 0.15) is 5.69 Å². The number of aryl methyl sites for hydroxylation is 2. The third-order valence-electron chi connectivity index (χ3n) is 2.46. The molecular formula is C12H14FN3O2. The van der Waals surface area contributed by atoms with Crippen molar-refractivity contribution >= 4 is 5.69 Å². The first-order valence-corrected chi connectivity index (χ1v) is 5.32. The topological polar surface area (TPSA) is 62.3 Å². The number of nitrogen functional groups attached to an aromatic ring is 1. The van der Waals surface area contributed by atoms with Crippen LogP contribution in [0.15, 0.2) is 18.2 Å². The molecule has 1 aromatic carbocycles. The summed E-state index contributed by atoms with van der Waals surface area (Å²) in [5.41, 5.74) is 6.60. The summed E-state index contributed by atoms with van der Waals surface area (Å²) in [6.07, 6.45) is 0. The molecule has 0 unspecified atom stereocenters. The van der Waals surface area contributed by atoms with Gasteiger partial charge in [-0.1, -0.05) is 0 Å². The van der Waals surface area contributed by atoms with Crippen molar-refractivity contribution in [2.75, 3.05) is 12.8 Å². The van der Waals surface area contributed by atoms with E-state index in [4.69, 9.17) is 15.2 Å². The maximum Gasteiger partial charge on any atom is 0.217 e. The lowest BCUT2D eigenvalue weighted by molar-refractivity contribution is 0.388. The third-order valence-corrected chi connectivity index (χ3v) is 2.46. The maximum absolute atomic E-state index is 13.7. The fraction of sp³-hybridized carbons (Fsp3) is 0.250. The fourth-order valence-electron chi connectivity index (χ4n) is 1.60. The molecule has 2 N–H and O–H groups in total. The van der Waals surface area contributed by atoms with E-state index in [0.29, 0.717) is 11.6 Å². The van der Waals surface area contributed by atoms with Crippen LogP contribution in [-0.4, -0.2) is 16.9 Å². The standard InChI is InChI=1S/C12H14FN3O2/c1-7-4-12(16(2)15-7)18-10-6-11(17-3)9(14)5-8(10)13/h4-6H,14H2,1-3H3. The van der Waals surface area contributed by atoms with Crippen molar-refractivity contribution < 1.29 is 13.9 Å². The van der Waals surface area contributed by atoms with Gasteiger partial charge in [-0.25, -0.2) is 9.07 Å². The number of hydrogen-bond acceptors (Lipinski definition) is 4. The van der Waals surface area contributed by atoms with Gasteiger partial charge >= 0.3 is 0 Å². The Morgan fingerprint density at radius 3 is 2.56 bits per heavy atom. The van der Waals surface area contributed by atoms with Crippen molar-refractivity contribution in [3.05, 3.63) is 29.7 Å². The first-order valence-electron chi connectivity index (χ1n) is 5.32. The average Bonchev–Trinajstić information content (AvgIpc) is 2.61. The number of methoxy groups -OCH3 is 1. The lowest BCUT2D eigenvalue weighted by Gasteiger charge is -2.10. The molecule has 5 nitrogen and oxygen atoms in total. The highest BCUT2D eigenvalue weighted by molar-refractivity contribution is 5.56. The molecule has 18 heavy (non-hydrogen) atoms. The van der Waals surface area contributed by atoms with Gasteiger partial charge in [-0.15, -0.1) is 0 Å². The highest BCUT2D eigenvalue weighted by Gasteiger charge is 2.12. The van der Waals surface area contributed by atoms with E-state index in [0.717, 1.165) is 11.8 Å². The van der Waals surface area contributed by atoms with Crippen LogP contribution >= 0.6 is 0 Å². The molecule has 1 heterocycles. The predicted octanol–water partition coefficient (Wildman–Crippen LogP) is 2.25. The van der Waals surface area contributed by atoms with Crippen LogP contribution in [0.25, 0.3) is 0 Å². The molecule has 6 heteroatoms. The zero-order valence-corrected chi connectivity index (χ0v) is 10.4. The summed E-state index contributed by atoms with van der Waals surface area (Å²) < 4.78 is 25.7. The van der Waals surface area contributed by atoms with Crippen LogP contribution in [0.3, 0.4) is 0 Å². The van der Waals surface area contributed by atoms with Gasteiger partial charge in [-0.2, -0.15) is 5.10 Å². The molecule has 0 aliphatic carbocycles. The maximum atomic E-state index is 13.7. The van der Waals surface area contributed by atoms with Gasteiger partial charge in [0.05, 0.1) is 18.5 Å². The minimum Gasteiger partial charge on any atom is -0.494 e. The van der Waals surface area contributed by atoms with Crippen LogP contribution in [0.2, 0.25) is 0 Å². The number of ether oxygens (including phenoxy) is 2. The molecule has 0 bridgehead atoms. The van der Waals surface area contributed by atoms with Crippen molar-refractivity contribution in [1.29, 1.82) is 0 Å². The van der Waals surface area contributed by atoms with Gasteiger partial charge < -0.3 is 15.2 Å². The molecule has 0 spiro atoms. The summed E-state index contributed by atoms with van der Waals surface area (Å²) in [6.45, 7) is 1.83. The molecule has 0 saturated carbocycles. The second kappa shape index (κ2) is 4.56. The number of hydrogen-bond donors (Lipinski definition) is 1. The summed E-state index contributed by atoms with van der Waals surface area (Å²) in [7, 11) is 3.18. The minimum atomic E-state index is -0.549. The highest BCUT2D eigenvalue weighted by atomic mass is 19.1. The van der Waals surface area contributed by atoms with Gasteiger partial charge in [-0.3, -0.25) is 0 Å². The van der Waals surface area contributed by atoms with E-state index >= 15 is 0 Å². The second-order valence-corrected chi connectivity index (χ2v) is 3.87. The fourth-order valence-corrected chi connectivity index (χ4v) is 1.60. The largest absolute Gasteiger partial charge is 0.494 e. The van der Waals surface area contributed by atoms with Gasteiger partial charge in [-0.05, 0) is 6.92 Å². The number of halogens is 1. The van der Waals surface area contributed by atoms with Gasteiger partial charge in [0.1, 0.15) is 5.75 Å². The Morgan fingerprint density at radius 1 is 1.28 bits per heavy atom. The van der Waals surface area contributed by atoms with Gasteiger partial charge in [0.15, 0.2) is 11.6 Å². The molecule has 2 rings (SSSR count). The quantitative estimate of drug-likeness (QED) is 0.850. The van der Waals surface area contributed by atoms with Crippen LogP contribution in [0.4, 0.5) is 10.1 Å². The summed E-state index contributed by atoms with van der Waals surface area (Å²) in [5, 5.41) is 4.11. The molecule has 96 valence electrons. The molecule has 0 aliphatic heterocycles. The summed E-state index contributed by atoms with van der Waals surface area (Å²) in [5.74, 6) is 0.305. The van der Waals surface area contributed by atoms with Crippen molar-refractivity contribution in [2.24, 2.45) is 7.05 Å². The Labute approximate surface area is 104 Å². The minimum absolute atomic E-state index is 0.0454. The van der Waals surface area contributed by atoms with Gasteiger partial charge in [0.25, 0.3) is 0 Å². The molecule has 2 aromatic rings. The second-order valence-electron chi connectivity index (χ2n) is 3.87. The van der Waals surface area contributed by atoms with E-state index in [-0.39, 0.29) is 11.4 Å². The van der Waals surface area contributed by atoms with Crippen molar-refractivity contribution in [3.8, 4) is 17.4 Å². The monoisotopic (exact) mass is 251 g/mol. The first-order chi connectivity index (χ1) is 8.51. The highest BCUT2D eigenvalue weighted by Crippen LogP contribution is 2.32. The summed E-state index contributed by atoms with van der Waals surface area (Å²) >= 11 is 0. The van der Waals surface area contributed by atoms with E-state index in [9.17, 15) is 4.39 Å². The summed E-state index contributed by atoms with van der Waals surface area (Å²) in [6, 6.07) is 4.28. The zero-order valence-electron chi connectivity index (χ0n) is 10.4. The molecular weight excluding hydrogens is 237 g/mol. The Hall–Kier alpha value is -2.24. The lowest BCUT2D eigenvalue weighted by Crippen LogP contribution is -1.99. The van der Waals surface area contributed by atoms with Crippen LogP contribution in [-0.2, 0) is 7.05 Å². The van der Waals surface area contributed by atoms with Crippen molar-refractivity contribution in [1.82, 2.24) is 9.78 Å². The van der Waals surface area contributed by atoms with Crippen LogP contribution in [0, 0.1) is 12.7 Å². The predicted molar refractivity (Wildman–Crippen MR) is 65.4 cm³/mol. The Bertz CT molecular complexity index is 581. The van der Waals surface area contributed by atoms with Gasteiger partial charge in [0, 0.05) is 25.2 Å². The number of nitrogens with zero attached hydrogens (tertiary/aromatic N) is 2. The van der Waals surface area contributed by atoms with Crippen molar-refractivity contribution in [3.63, 3.8) is 0 Å². The first kappa shape index (κ1) is 12.2. The van der Waals surface area contributed by atoms with E-state index in [1.165, 1.54) is 17.9 Å². The van der Waals surface area contributed by atoms with E-state index in [1.54, 1.807) is 13.1 Å². The SMILES string of the molecule is COc1cc(Oc2cc(C)nn2C)c(F)cc1N. The summed E-state index contributed by atoms with van der Waals surface area (Å²) in [4.78, 5) is 0. The molecule has 0 aliphatic rings. The lowest BCUT2D eigenvalue weighted by atomic mass is 10.2. The molecule has 0 amide bonds. The van der Waals surface area contributed by atoms with Crippen molar-refractivity contribution in [2.45, 2.75) is 6.92 Å². The number of aromatic nitrogens is 2. The number of rotatable bonds is 3. The molecule has 0 radical (unpaired) electrons. The van der Waals surface area contributed by atoms with Crippen LogP contribution in [0.5, 0.6) is 17.4 Å². The van der Waals surface area contributed by atoms with E-state index in [2.05, 4.69) is 5.10 Å². The van der Waals surface area contributed by atoms with E-state index < -0.39 is 5.82 Å². The van der Waals surface area contributed by atoms with Gasteiger partial charge in [0.2, 0.25) is 5.88 Å². The Balaban J connectivity index is 2.37. The Kier molecular flexibility index (Phi) is 3.10. The van der Waals surface area contributed by atoms with E-state index in [1.807, 2.05) is 6.92 Å². The third kappa shape index (κ3) is 2.22. The molecule has 0 atom stereocenters. The van der Waals surface area contributed by atoms with Crippen LogP contribution < -0.4 is 15.2 Å². The average molecular weight is 251 g/mol. The zero-order chi connectivity index (χ0) is 13.3. The number of benzene rings is 1. The molecule has 0 fully saturated rings. The number of nitrogens with two attached hydrogens (primary N) is 1. The Morgan fingerprint density at radius 2 is 2.00 bits per heavy atom. The smallest absolute Gasteiger partial charge is 0.217 e. The molecule has 0 saturated heterocycles. The number of anilines is 1. The normalized spacial score (nSPS) is 10.4. The molecule has 1 aromatic heterocycles.